The molecule has 2 aromatic heterocycles. The van der Waals surface area contributed by atoms with Gasteiger partial charge in [-0.3, -0.25) is 9.78 Å². The van der Waals surface area contributed by atoms with Crippen molar-refractivity contribution in [1.82, 2.24) is 9.97 Å². The molecule has 0 saturated heterocycles. The normalized spacial score (nSPS) is 20.0. The smallest absolute Gasteiger partial charge is 0.337 e. The molecule has 0 unspecified atom stereocenters. The second-order valence-electron chi connectivity index (χ2n) is 7.26. The maximum Gasteiger partial charge on any atom is 0.337 e. The minimum atomic E-state index is -1.17. The Morgan fingerprint density at radius 1 is 1.33 bits per heavy atom. The second kappa shape index (κ2) is 8.02. The number of rotatable bonds is 6. The molecule has 0 radical (unpaired) electrons. The lowest BCUT2D eigenvalue weighted by Gasteiger charge is -2.25. The van der Waals surface area contributed by atoms with Gasteiger partial charge in [-0.15, -0.1) is 0 Å². The molecular formula is C19H24FN3O4. The van der Waals surface area contributed by atoms with Gasteiger partial charge in [0.25, 0.3) is 5.56 Å². The Bertz CT molecular complexity index is 950. The van der Waals surface area contributed by atoms with Crippen LogP contribution in [0.25, 0.3) is 11.1 Å². The number of H-pyrrole nitrogens is 1. The first-order valence-corrected chi connectivity index (χ1v) is 9.37. The Kier molecular flexibility index (Phi) is 5.72. The maximum atomic E-state index is 13.8. The fraction of sp³-hybridized carbons (Fsp3) is 0.579. The van der Waals surface area contributed by atoms with E-state index in [9.17, 15) is 14.0 Å². The van der Waals surface area contributed by atoms with E-state index in [1.54, 1.807) is 6.92 Å². The quantitative estimate of drug-likeness (QED) is 0.612. The fourth-order valence-electron chi connectivity index (χ4n) is 3.19. The molecule has 0 atom stereocenters. The molecule has 0 spiro atoms. The van der Waals surface area contributed by atoms with E-state index in [1.165, 1.54) is 6.07 Å². The molecule has 0 bridgehead atoms. The van der Waals surface area contributed by atoms with Gasteiger partial charge in [-0.1, -0.05) is 24.9 Å². The van der Waals surface area contributed by atoms with Gasteiger partial charge in [-0.05, 0) is 51.0 Å². The summed E-state index contributed by atoms with van der Waals surface area (Å²) >= 11 is 0. The predicted molar refractivity (Wildman–Crippen MR) is 100 cm³/mol. The van der Waals surface area contributed by atoms with E-state index in [0.717, 1.165) is 19.3 Å². The number of unbranched alkanes of at least 4 members (excludes halogenated alkanes) is 2. The van der Waals surface area contributed by atoms with Crippen molar-refractivity contribution in [2.45, 2.75) is 70.9 Å². The van der Waals surface area contributed by atoms with Gasteiger partial charge in [-0.2, -0.15) is 4.98 Å². The molecule has 0 aromatic carbocycles. The van der Waals surface area contributed by atoms with Crippen molar-refractivity contribution < 1.29 is 13.6 Å². The van der Waals surface area contributed by atoms with Crippen LogP contribution in [0.15, 0.2) is 25.2 Å². The standard InChI is InChI=1S/C19H24FN3O4/c1-3-4-5-6-12-11-14(24)26-17-15(12)16(25)21-18(22-17)27-23-13-7-9-19(2,20)10-8-13/h11H,3-10H2,1-2H3,(H,21,22,25). The first-order chi connectivity index (χ1) is 12.9. The minimum Gasteiger partial charge on any atom is -0.403 e. The highest BCUT2D eigenvalue weighted by Crippen LogP contribution is 2.29. The Hall–Kier alpha value is -2.51. The number of aromatic nitrogens is 2. The molecule has 2 heterocycles. The molecule has 0 aliphatic heterocycles. The van der Waals surface area contributed by atoms with Crippen LogP contribution in [0, 0.1) is 0 Å². The molecule has 1 fully saturated rings. The molecule has 1 saturated carbocycles. The highest BCUT2D eigenvalue weighted by Gasteiger charge is 2.28. The molecule has 1 aliphatic carbocycles. The molecule has 27 heavy (non-hydrogen) atoms. The second-order valence-corrected chi connectivity index (χ2v) is 7.26. The van der Waals surface area contributed by atoms with Crippen molar-refractivity contribution in [3.63, 3.8) is 0 Å². The average Bonchev–Trinajstić information content (AvgIpc) is 2.60. The van der Waals surface area contributed by atoms with E-state index in [2.05, 4.69) is 22.0 Å². The molecule has 2 aromatic rings. The highest BCUT2D eigenvalue weighted by atomic mass is 19.1. The van der Waals surface area contributed by atoms with Crippen LogP contribution in [0.4, 0.5) is 4.39 Å². The summed E-state index contributed by atoms with van der Waals surface area (Å²) in [6.07, 6.45) is 5.25. The Balaban J connectivity index is 1.84. The number of hydrogen-bond acceptors (Lipinski definition) is 6. The summed E-state index contributed by atoms with van der Waals surface area (Å²) in [5.74, 6) is 0. The first kappa shape index (κ1) is 19.3. The van der Waals surface area contributed by atoms with Gasteiger partial charge >= 0.3 is 11.6 Å². The van der Waals surface area contributed by atoms with E-state index in [0.29, 0.717) is 43.4 Å². The van der Waals surface area contributed by atoms with Gasteiger partial charge in [0.05, 0.1) is 5.71 Å². The van der Waals surface area contributed by atoms with E-state index in [1.807, 2.05) is 0 Å². The molecule has 1 aliphatic rings. The van der Waals surface area contributed by atoms with Crippen molar-refractivity contribution in [1.29, 1.82) is 0 Å². The number of nitrogens with zero attached hydrogens (tertiary/aromatic N) is 2. The molecule has 0 amide bonds. The van der Waals surface area contributed by atoms with Crippen molar-refractivity contribution in [2.75, 3.05) is 0 Å². The van der Waals surface area contributed by atoms with Crippen molar-refractivity contribution >= 4 is 16.8 Å². The van der Waals surface area contributed by atoms with Crippen molar-refractivity contribution in [3.05, 3.63) is 32.4 Å². The summed E-state index contributed by atoms with van der Waals surface area (Å²) in [5.41, 5.74) is -0.901. The zero-order valence-electron chi connectivity index (χ0n) is 15.6. The zero-order valence-corrected chi connectivity index (χ0v) is 15.6. The number of aromatic amines is 1. The van der Waals surface area contributed by atoms with Crippen molar-refractivity contribution in [2.24, 2.45) is 5.16 Å². The molecule has 7 nitrogen and oxygen atoms in total. The summed E-state index contributed by atoms with van der Waals surface area (Å²) in [5, 5.41) is 4.23. The van der Waals surface area contributed by atoms with Gasteiger partial charge in [0, 0.05) is 6.07 Å². The van der Waals surface area contributed by atoms with Gasteiger partial charge in [-0.25, -0.2) is 9.18 Å². The zero-order chi connectivity index (χ0) is 19.4. The monoisotopic (exact) mass is 377 g/mol. The number of halogens is 1. The first-order valence-electron chi connectivity index (χ1n) is 9.37. The van der Waals surface area contributed by atoms with Crippen LogP contribution < -0.4 is 16.0 Å². The maximum absolute atomic E-state index is 13.8. The van der Waals surface area contributed by atoms with Gasteiger partial charge in [0.2, 0.25) is 5.71 Å². The third kappa shape index (κ3) is 4.81. The number of hydrogen-bond donors (Lipinski definition) is 1. The number of alkyl halides is 1. The summed E-state index contributed by atoms with van der Waals surface area (Å²) in [6.45, 7) is 3.66. The highest BCUT2D eigenvalue weighted by molar-refractivity contribution is 5.85. The Morgan fingerprint density at radius 2 is 2.07 bits per heavy atom. The van der Waals surface area contributed by atoms with Crippen LogP contribution in [-0.4, -0.2) is 21.3 Å². The van der Waals surface area contributed by atoms with Crippen LogP contribution in [0.3, 0.4) is 0 Å². The fourth-order valence-corrected chi connectivity index (χ4v) is 3.19. The lowest BCUT2D eigenvalue weighted by atomic mass is 9.87. The van der Waals surface area contributed by atoms with Crippen LogP contribution >= 0.6 is 0 Å². The lowest BCUT2D eigenvalue weighted by Crippen LogP contribution is -2.26. The lowest BCUT2D eigenvalue weighted by molar-refractivity contribution is 0.156. The predicted octanol–water partition coefficient (Wildman–Crippen LogP) is 3.65. The Morgan fingerprint density at radius 3 is 2.78 bits per heavy atom. The minimum absolute atomic E-state index is 0.0621. The largest absolute Gasteiger partial charge is 0.403 e. The third-order valence-electron chi connectivity index (χ3n) is 4.86. The van der Waals surface area contributed by atoms with Crippen LogP contribution in [0.1, 0.15) is 64.4 Å². The topological polar surface area (TPSA) is 97.5 Å². The van der Waals surface area contributed by atoms with Crippen LogP contribution in [-0.2, 0) is 6.42 Å². The van der Waals surface area contributed by atoms with Gasteiger partial charge < -0.3 is 9.25 Å². The van der Waals surface area contributed by atoms with Gasteiger partial charge in [0.1, 0.15) is 11.1 Å². The van der Waals surface area contributed by atoms with E-state index >= 15 is 0 Å². The number of fused-ring (bicyclic) bond motifs is 1. The SMILES string of the molecule is CCCCCc1cc(=O)oc2nc(ON=C3CCC(C)(F)CC3)[nH]c(=O)c12. The summed E-state index contributed by atoms with van der Waals surface area (Å²) in [6, 6.07) is 1.19. The average molecular weight is 377 g/mol. The number of aryl methyl sites for hydroxylation is 1. The molecular weight excluding hydrogens is 353 g/mol. The van der Waals surface area contributed by atoms with Crippen LogP contribution in [0.5, 0.6) is 6.01 Å². The summed E-state index contributed by atoms with van der Waals surface area (Å²) in [7, 11) is 0. The van der Waals surface area contributed by atoms with Crippen LogP contribution in [0.2, 0.25) is 0 Å². The summed E-state index contributed by atoms with van der Waals surface area (Å²) < 4.78 is 18.9. The van der Waals surface area contributed by atoms with E-state index in [4.69, 9.17) is 9.25 Å². The molecule has 146 valence electrons. The van der Waals surface area contributed by atoms with Crippen molar-refractivity contribution in [3.8, 4) is 6.01 Å². The van der Waals surface area contributed by atoms with Gasteiger partial charge in [0.15, 0.2) is 0 Å². The molecule has 3 rings (SSSR count). The Labute approximate surface area is 155 Å². The van der Waals surface area contributed by atoms with E-state index < -0.39 is 16.9 Å². The number of nitrogens with one attached hydrogen (secondary N) is 1. The van der Waals surface area contributed by atoms with E-state index in [-0.39, 0.29) is 17.1 Å². The molecule has 8 heteroatoms. The summed E-state index contributed by atoms with van der Waals surface area (Å²) in [4.78, 5) is 36.1. The number of oxime groups is 1. The molecule has 1 N–H and O–H groups in total. The third-order valence-corrected chi connectivity index (χ3v) is 4.86.